The summed E-state index contributed by atoms with van der Waals surface area (Å²) in [6.07, 6.45) is 0.788. The molecule has 0 amide bonds. The van der Waals surface area contributed by atoms with Crippen LogP contribution in [0.5, 0.6) is 0 Å². The quantitative estimate of drug-likeness (QED) is 0.864. The van der Waals surface area contributed by atoms with Crippen molar-refractivity contribution in [3.8, 4) is 11.3 Å². The summed E-state index contributed by atoms with van der Waals surface area (Å²) in [4.78, 5) is 9.96. The summed E-state index contributed by atoms with van der Waals surface area (Å²) >= 11 is 0. The highest BCUT2D eigenvalue weighted by Gasteiger charge is 2.08. The van der Waals surface area contributed by atoms with E-state index < -0.39 is 0 Å². The van der Waals surface area contributed by atoms with Crippen molar-refractivity contribution in [2.24, 2.45) is 5.73 Å². The summed E-state index contributed by atoms with van der Waals surface area (Å²) in [5, 5.41) is 0. The lowest BCUT2D eigenvalue weighted by atomic mass is 10.1. The minimum Gasteiger partial charge on any atom is -0.378 e. The first-order chi connectivity index (χ1) is 8.61. The molecule has 2 rings (SSSR count). The second kappa shape index (κ2) is 5.23. The van der Waals surface area contributed by atoms with Gasteiger partial charge in [0.15, 0.2) is 0 Å². The fourth-order valence-corrected chi connectivity index (χ4v) is 1.98. The van der Waals surface area contributed by atoms with Crippen molar-refractivity contribution >= 4 is 5.69 Å². The topological polar surface area (TPSA) is 57.9 Å². The van der Waals surface area contributed by atoms with Crippen molar-refractivity contribution in [2.75, 3.05) is 25.5 Å². The average Bonchev–Trinajstić information content (AvgIpc) is 2.71. The van der Waals surface area contributed by atoms with Crippen LogP contribution in [0.2, 0.25) is 0 Å². The summed E-state index contributed by atoms with van der Waals surface area (Å²) in [6, 6.07) is 8.41. The number of aromatic nitrogens is 2. The van der Waals surface area contributed by atoms with E-state index in [9.17, 15) is 0 Å². The van der Waals surface area contributed by atoms with Crippen molar-refractivity contribution in [2.45, 2.75) is 13.3 Å². The van der Waals surface area contributed by atoms with Crippen molar-refractivity contribution < 1.29 is 0 Å². The maximum atomic E-state index is 5.55. The Morgan fingerprint density at radius 3 is 2.44 bits per heavy atom. The van der Waals surface area contributed by atoms with E-state index in [4.69, 9.17) is 5.73 Å². The minimum atomic E-state index is 0.617. The van der Waals surface area contributed by atoms with Crippen LogP contribution in [0, 0.1) is 6.92 Å². The highest BCUT2D eigenvalue weighted by atomic mass is 15.1. The third-order valence-electron chi connectivity index (χ3n) is 2.97. The van der Waals surface area contributed by atoms with Crippen LogP contribution in [0.1, 0.15) is 11.5 Å². The van der Waals surface area contributed by atoms with Gasteiger partial charge in [0.1, 0.15) is 5.82 Å². The maximum Gasteiger partial charge on any atom is 0.108 e. The molecule has 1 aromatic heterocycles. The Bertz CT molecular complexity index is 511. The van der Waals surface area contributed by atoms with Gasteiger partial charge < -0.3 is 15.6 Å². The first-order valence-corrected chi connectivity index (χ1v) is 6.15. The first kappa shape index (κ1) is 12.6. The highest BCUT2D eigenvalue weighted by Crippen LogP contribution is 2.23. The van der Waals surface area contributed by atoms with Gasteiger partial charge in [-0.2, -0.15) is 0 Å². The Morgan fingerprint density at radius 1 is 1.22 bits per heavy atom. The van der Waals surface area contributed by atoms with E-state index in [0.29, 0.717) is 6.54 Å². The molecule has 0 atom stereocenters. The Labute approximate surface area is 108 Å². The molecule has 0 saturated heterocycles. The van der Waals surface area contributed by atoms with Gasteiger partial charge >= 0.3 is 0 Å². The maximum absolute atomic E-state index is 5.55. The van der Waals surface area contributed by atoms with E-state index >= 15 is 0 Å². The average molecular weight is 244 g/mol. The summed E-state index contributed by atoms with van der Waals surface area (Å²) in [6.45, 7) is 2.66. The fraction of sp³-hybridized carbons (Fsp3) is 0.357. The molecule has 18 heavy (non-hydrogen) atoms. The standard InChI is InChI=1S/C14H20N4/c1-10-14(17-13(16-10)8-9-15)11-4-6-12(7-5-11)18(2)3/h4-7H,8-9,15H2,1-3H3,(H,16,17). The molecule has 96 valence electrons. The predicted octanol–water partition coefficient (Wildman–Crippen LogP) is 1.95. The van der Waals surface area contributed by atoms with Gasteiger partial charge in [-0.05, 0) is 25.6 Å². The van der Waals surface area contributed by atoms with Crippen LogP contribution in [0.3, 0.4) is 0 Å². The van der Waals surface area contributed by atoms with E-state index in [1.54, 1.807) is 0 Å². The van der Waals surface area contributed by atoms with E-state index in [-0.39, 0.29) is 0 Å². The number of H-pyrrole nitrogens is 1. The molecule has 2 aromatic rings. The SMILES string of the molecule is Cc1[nH]c(CCN)nc1-c1ccc(N(C)C)cc1. The van der Waals surface area contributed by atoms with Gasteiger partial charge in [0.25, 0.3) is 0 Å². The van der Waals surface area contributed by atoms with Crippen LogP contribution in [-0.4, -0.2) is 30.6 Å². The van der Waals surface area contributed by atoms with Gasteiger partial charge in [0.2, 0.25) is 0 Å². The van der Waals surface area contributed by atoms with Crippen LogP contribution >= 0.6 is 0 Å². The number of anilines is 1. The third-order valence-corrected chi connectivity index (χ3v) is 2.97. The van der Waals surface area contributed by atoms with Crippen LogP contribution in [-0.2, 0) is 6.42 Å². The third kappa shape index (κ3) is 2.54. The van der Waals surface area contributed by atoms with Crippen molar-refractivity contribution in [3.63, 3.8) is 0 Å². The normalized spacial score (nSPS) is 10.7. The number of nitrogens with one attached hydrogen (secondary N) is 1. The summed E-state index contributed by atoms with van der Waals surface area (Å²) in [5.41, 5.74) is 9.98. The molecular weight excluding hydrogens is 224 g/mol. The Balaban J connectivity index is 2.30. The molecule has 4 nitrogen and oxygen atoms in total. The number of rotatable bonds is 4. The minimum absolute atomic E-state index is 0.617. The zero-order valence-corrected chi connectivity index (χ0v) is 11.2. The zero-order valence-electron chi connectivity index (χ0n) is 11.2. The highest BCUT2D eigenvalue weighted by molar-refractivity contribution is 5.65. The summed E-state index contributed by atoms with van der Waals surface area (Å²) < 4.78 is 0. The zero-order chi connectivity index (χ0) is 13.1. The monoisotopic (exact) mass is 244 g/mol. The molecule has 0 radical (unpaired) electrons. The first-order valence-electron chi connectivity index (χ1n) is 6.15. The molecule has 0 unspecified atom stereocenters. The lowest BCUT2D eigenvalue weighted by Gasteiger charge is -2.12. The number of hydrogen-bond acceptors (Lipinski definition) is 3. The van der Waals surface area contributed by atoms with E-state index in [0.717, 1.165) is 29.2 Å². The summed E-state index contributed by atoms with van der Waals surface area (Å²) in [7, 11) is 4.07. The molecule has 1 aromatic carbocycles. The van der Waals surface area contributed by atoms with Gasteiger partial charge in [-0.25, -0.2) is 4.98 Å². The number of aryl methyl sites for hydroxylation is 1. The number of nitrogens with two attached hydrogens (primary N) is 1. The molecule has 0 bridgehead atoms. The number of imidazole rings is 1. The van der Waals surface area contributed by atoms with Crippen LogP contribution < -0.4 is 10.6 Å². The lowest BCUT2D eigenvalue weighted by Crippen LogP contribution is -2.07. The molecule has 0 aliphatic carbocycles. The number of benzene rings is 1. The molecule has 0 fully saturated rings. The smallest absolute Gasteiger partial charge is 0.108 e. The van der Waals surface area contributed by atoms with Gasteiger partial charge in [-0.15, -0.1) is 0 Å². The Hall–Kier alpha value is -1.81. The van der Waals surface area contributed by atoms with Crippen molar-refractivity contribution in [3.05, 3.63) is 35.8 Å². The van der Waals surface area contributed by atoms with Crippen LogP contribution in [0.15, 0.2) is 24.3 Å². The number of hydrogen-bond donors (Lipinski definition) is 2. The molecule has 3 N–H and O–H groups in total. The van der Waals surface area contributed by atoms with Gasteiger partial charge in [-0.3, -0.25) is 0 Å². The van der Waals surface area contributed by atoms with Gasteiger partial charge in [-0.1, -0.05) is 12.1 Å². The fourth-order valence-electron chi connectivity index (χ4n) is 1.98. The Kier molecular flexibility index (Phi) is 3.67. The largest absolute Gasteiger partial charge is 0.378 e. The molecule has 4 heteroatoms. The summed E-state index contributed by atoms with van der Waals surface area (Å²) in [5.74, 6) is 0.960. The number of aromatic amines is 1. The van der Waals surface area contributed by atoms with E-state index in [1.165, 1.54) is 5.69 Å². The van der Waals surface area contributed by atoms with E-state index in [2.05, 4.69) is 39.1 Å². The molecule has 0 aliphatic rings. The molecule has 0 spiro atoms. The van der Waals surface area contributed by atoms with Crippen LogP contribution in [0.25, 0.3) is 11.3 Å². The number of nitrogens with zero attached hydrogens (tertiary/aromatic N) is 2. The molecule has 0 aliphatic heterocycles. The van der Waals surface area contributed by atoms with Gasteiger partial charge in [0.05, 0.1) is 5.69 Å². The molecule has 1 heterocycles. The predicted molar refractivity (Wildman–Crippen MR) is 75.8 cm³/mol. The van der Waals surface area contributed by atoms with Crippen molar-refractivity contribution in [1.29, 1.82) is 0 Å². The Morgan fingerprint density at radius 2 is 1.89 bits per heavy atom. The molecular formula is C14H20N4. The second-order valence-corrected chi connectivity index (χ2v) is 4.64. The van der Waals surface area contributed by atoms with Crippen LogP contribution in [0.4, 0.5) is 5.69 Å². The van der Waals surface area contributed by atoms with Gasteiger partial charge in [0, 0.05) is 37.5 Å². The lowest BCUT2D eigenvalue weighted by molar-refractivity contribution is 0.891. The van der Waals surface area contributed by atoms with Crippen molar-refractivity contribution in [1.82, 2.24) is 9.97 Å². The molecule has 0 saturated carbocycles. The van der Waals surface area contributed by atoms with E-state index in [1.807, 2.05) is 21.0 Å². The second-order valence-electron chi connectivity index (χ2n) is 4.64.